The van der Waals surface area contributed by atoms with Crippen LogP contribution in [0, 0.1) is 6.92 Å². The SMILES string of the molecule is Cc1ccccc1-c1ccc(OCC(F)(F)F)c2[nH]c(=O)c3c(c12)NCC3. The quantitative estimate of drug-likeness (QED) is 0.714. The van der Waals surface area contributed by atoms with Crippen LogP contribution in [0.25, 0.3) is 22.0 Å². The predicted molar refractivity (Wildman–Crippen MR) is 98.5 cm³/mol. The van der Waals surface area contributed by atoms with Gasteiger partial charge in [0.05, 0.1) is 11.2 Å². The summed E-state index contributed by atoms with van der Waals surface area (Å²) in [7, 11) is 0. The number of H-pyrrole nitrogens is 1. The van der Waals surface area contributed by atoms with E-state index in [1.54, 1.807) is 6.07 Å². The third kappa shape index (κ3) is 3.13. The van der Waals surface area contributed by atoms with Crippen molar-refractivity contribution in [3.63, 3.8) is 0 Å². The molecule has 3 aromatic rings. The molecule has 0 amide bonds. The van der Waals surface area contributed by atoms with E-state index in [1.807, 2.05) is 31.2 Å². The lowest BCUT2D eigenvalue weighted by atomic mass is 9.94. The van der Waals surface area contributed by atoms with E-state index < -0.39 is 12.8 Å². The van der Waals surface area contributed by atoms with Crippen molar-refractivity contribution in [1.29, 1.82) is 0 Å². The van der Waals surface area contributed by atoms with Gasteiger partial charge < -0.3 is 15.0 Å². The summed E-state index contributed by atoms with van der Waals surface area (Å²) in [4.78, 5) is 15.2. The number of rotatable bonds is 3. The molecule has 4 nitrogen and oxygen atoms in total. The second kappa shape index (κ2) is 6.33. The molecular formula is C20H17F3N2O2. The number of anilines is 1. The number of halogens is 3. The summed E-state index contributed by atoms with van der Waals surface area (Å²) >= 11 is 0. The molecule has 2 N–H and O–H groups in total. The first-order chi connectivity index (χ1) is 12.8. The number of aryl methyl sites for hydroxylation is 1. The number of hydrogen-bond acceptors (Lipinski definition) is 3. The van der Waals surface area contributed by atoms with E-state index >= 15 is 0 Å². The van der Waals surface area contributed by atoms with Crippen LogP contribution < -0.4 is 15.6 Å². The second-order valence-corrected chi connectivity index (χ2v) is 6.56. The zero-order chi connectivity index (χ0) is 19.2. The van der Waals surface area contributed by atoms with E-state index in [4.69, 9.17) is 4.74 Å². The predicted octanol–water partition coefficient (Wildman–Crippen LogP) is 4.41. The fraction of sp³-hybridized carbons (Fsp3) is 0.250. The Balaban J connectivity index is 2.00. The number of ether oxygens (including phenoxy) is 1. The number of benzene rings is 2. The van der Waals surface area contributed by atoms with Crippen LogP contribution in [0.4, 0.5) is 18.9 Å². The Morgan fingerprint density at radius 1 is 1.11 bits per heavy atom. The van der Waals surface area contributed by atoms with Crippen LogP contribution in [0.15, 0.2) is 41.2 Å². The Morgan fingerprint density at radius 2 is 1.89 bits per heavy atom. The van der Waals surface area contributed by atoms with Crippen LogP contribution in [0.3, 0.4) is 0 Å². The summed E-state index contributed by atoms with van der Waals surface area (Å²) in [5, 5.41) is 3.89. The van der Waals surface area contributed by atoms with Crippen molar-refractivity contribution in [2.75, 3.05) is 18.5 Å². The highest BCUT2D eigenvalue weighted by atomic mass is 19.4. The molecule has 0 atom stereocenters. The lowest BCUT2D eigenvalue weighted by Gasteiger charge is -2.17. The fourth-order valence-corrected chi connectivity index (χ4v) is 3.55. The normalized spacial score (nSPS) is 13.5. The summed E-state index contributed by atoms with van der Waals surface area (Å²) in [5.41, 5.74) is 4.08. The van der Waals surface area contributed by atoms with Gasteiger partial charge in [0.25, 0.3) is 5.56 Å². The Morgan fingerprint density at radius 3 is 2.63 bits per heavy atom. The number of fused-ring (bicyclic) bond motifs is 3. The maximum atomic E-state index is 12.6. The summed E-state index contributed by atoms with van der Waals surface area (Å²) in [6, 6.07) is 11.0. The van der Waals surface area contributed by atoms with E-state index in [2.05, 4.69) is 10.3 Å². The van der Waals surface area contributed by atoms with Gasteiger partial charge in [-0.2, -0.15) is 13.2 Å². The highest BCUT2D eigenvalue weighted by molar-refractivity contribution is 6.07. The summed E-state index contributed by atoms with van der Waals surface area (Å²) < 4.78 is 42.9. The molecule has 1 aromatic heterocycles. The monoisotopic (exact) mass is 374 g/mol. The van der Waals surface area contributed by atoms with E-state index in [1.165, 1.54) is 6.07 Å². The molecule has 140 valence electrons. The number of nitrogens with one attached hydrogen (secondary N) is 2. The van der Waals surface area contributed by atoms with Crippen molar-refractivity contribution < 1.29 is 17.9 Å². The maximum absolute atomic E-state index is 12.6. The third-order valence-electron chi connectivity index (χ3n) is 4.73. The number of aromatic nitrogens is 1. The molecular weight excluding hydrogens is 357 g/mol. The van der Waals surface area contributed by atoms with E-state index in [0.717, 1.165) is 16.7 Å². The fourth-order valence-electron chi connectivity index (χ4n) is 3.55. The van der Waals surface area contributed by atoms with E-state index in [-0.39, 0.29) is 16.8 Å². The van der Waals surface area contributed by atoms with Gasteiger partial charge in [-0.25, -0.2) is 0 Å². The van der Waals surface area contributed by atoms with Gasteiger partial charge in [-0.1, -0.05) is 24.3 Å². The molecule has 0 radical (unpaired) electrons. The lowest BCUT2D eigenvalue weighted by molar-refractivity contribution is -0.153. The minimum atomic E-state index is -4.46. The standard InChI is InChI=1S/C20H17F3N2O2/c1-11-4-2-3-5-12(11)13-6-7-15(27-10-20(21,22)23)18-16(13)17-14(8-9-24-17)19(26)25-18/h2-7,24H,8-10H2,1H3,(H,25,26). The first-order valence-electron chi connectivity index (χ1n) is 8.56. The van der Waals surface area contributed by atoms with Gasteiger partial charge >= 0.3 is 6.18 Å². The molecule has 2 heterocycles. The number of hydrogen-bond donors (Lipinski definition) is 2. The van der Waals surface area contributed by atoms with Gasteiger partial charge in [-0.15, -0.1) is 0 Å². The minimum absolute atomic E-state index is 0.00765. The molecule has 1 aliphatic rings. The first-order valence-corrected chi connectivity index (χ1v) is 8.56. The Hall–Kier alpha value is -2.96. The topological polar surface area (TPSA) is 54.1 Å². The van der Waals surface area contributed by atoms with Crippen molar-refractivity contribution in [2.24, 2.45) is 0 Å². The molecule has 0 saturated heterocycles. The van der Waals surface area contributed by atoms with Gasteiger partial charge in [-0.3, -0.25) is 4.79 Å². The highest BCUT2D eigenvalue weighted by Gasteiger charge is 2.29. The van der Waals surface area contributed by atoms with Crippen molar-refractivity contribution in [3.05, 3.63) is 57.9 Å². The first kappa shape index (κ1) is 17.5. The van der Waals surface area contributed by atoms with Crippen LogP contribution in [0.1, 0.15) is 11.1 Å². The maximum Gasteiger partial charge on any atom is 0.422 e. The number of pyridine rings is 1. The molecule has 1 aliphatic heterocycles. The van der Waals surface area contributed by atoms with Crippen LogP contribution in [0.5, 0.6) is 5.75 Å². The smallest absolute Gasteiger partial charge is 0.422 e. The lowest BCUT2D eigenvalue weighted by Crippen LogP contribution is -2.20. The summed E-state index contributed by atoms with van der Waals surface area (Å²) in [6.07, 6.45) is -3.89. The largest absolute Gasteiger partial charge is 0.482 e. The molecule has 0 saturated carbocycles. The number of alkyl halides is 3. The van der Waals surface area contributed by atoms with Crippen molar-refractivity contribution in [1.82, 2.24) is 4.98 Å². The Bertz CT molecular complexity index is 1090. The minimum Gasteiger partial charge on any atom is -0.482 e. The van der Waals surface area contributed by atoms with Gasteiger partial charge in [0.2, 0.25) is 0 Å². The van der Waals surface area contributed by atoms with Gasteiger partial charge in [0.15, 0.2) is 6.61 Å². The molecule has 0 fully saturated rings. The number of aromatic amines is 1. The zero-order valence-electron chi connectivity index (χ0n) is 14.5. The van der Waals surface area contributed by atoms with E-state index in [9.17, 15) is 18.0 Å². The van der Waals surface area contributed by atoms with E-state index in [0.29, 0.717) is 29.6 Å². The van der Waals surface area contributed by atoms with Crippen molar-refractivity contribution in [2.45, 2.75) is 19.5 Å². The van der Waals surface area contributed by atoms with Gasteiger partial charge in [0.1, 0.15) is 5.75 Å². The van der Waals surface area contributed by atoms with Crippen LogP contribution in [-0.4, -0.2) is 24.3 Å². The zero-order valence-corrected chi connectivity index (χ0v) is 14.5. The average Bonchev–Trinajstić information content (AvgIpc) is 3.10. The van der Waals surface area contributed by atoms with Crippen molar-refractivity contribution >= 4 is 16.6 Å². The van der Waals surface area contributed by atoms with Gasteiger partial charge in [-0.05, 0) is 42.2 Å². The van der Waals surface area contributed by atoms with Crippen LogP contribution >= 0.6 is 0 Å². The molecule has 0 spiro atoms. The van der Waals surface area contributed by atoms with Crippen LogP contribution in [0.2, 0.25) is 0 Å². The molecule has 27 heavy (non-hydrogen) atoms. The molecule has 2 aromatic carbocycles. The summed E-state index contributed by atoms with van der Waals surface area (Å²) in [5.74, 6) is 0.00765. The Kier molecular flexibility index (Phi) is 4.09. The Labute approximate surface area is 153 Å². The molecule has 4 rings (SSSR count). The second-order valence-electron chi connectivity index (χ2n) is 6.56. The van der Waals surface area contributed by atoms with Crippen LogP contribution in [-0.2, 0) is 6.42 Å². The molecule has 0 aliphatic carbocycles. The average molecular weight is 374 g/mol. The van der Waals surface area contributed by atoms with Crippen molar-refractivity contribution in [3.8, 4) is 16.9 Å². The molecule has 0 unspecified atom stereocenters. The third-order valence-corrected chi connectivity index (χ3v) is 4.73. The molecule has 0 bridgehead atoms. The van der Waals surface area contributed by atoms with Gasteiger partial charge in [0, 0.05) is 17.5 Å². The highest BCUT2D eigenvalue weighted by Crippen LogP contribution is 2.41. The molecule has 7 heteroatoms. The summed E-state index contributed by atoms with van der Waals surface area (Å²) in [6.45, 7) is 1.16.